The highest BCUT2D eigenvalue weighted by atomic mass is 16.6. The van der Waals surface area contributed by atoms with E-state index in [9.17, 15) is 14.9 Å². The lowest BCUT2D eigenvalue weighted by Crippen LogP contribution is -2.23. The van der Waals surface area contributed by atoms with Crippen molar-refractivity contribution in [3.8, 4) is 5.69 Å². The van der Waals surface area contributed by atoms with Crippen LogP contribution in [0, 0.1) is 10.1 Å². The monoisotopic (exact) mass is 322 g/mol. The standard InChI is InChI=1S/C17H14N4O3/c22-17(19-11-13-4-2-1-3-5-13)14-8-15(20-7-6-18-12-20)10-16(9-14)21(23)24/h1-10,12H,11H2,(H,19,22). The van der Waals surface area contributed by atoms with Crippen molar-refractivity contribution in [2.24, 2.45) is 0 Å². The van der Waals surface area contributed by atoms with E-state index in [4.69, 9.17) is 0 Å². The van der Waals surface area contributed by atoms with E-state index in [0.29, 0.717) is 12.2 Å². The Balaban J connectivity index is 1.86. The van der Waals surface area contributed by atoms with Crippen LogP contribution in [0.1, 0.15) is 15.9 Å². The summed E-state index contributed by atoms with van der Waals surface area (Å²) in [6.45, 7) is 0.350. The van der Waals surface area contributed by atoms with Crippen LogP contribution in [0.3, 0.4) is 0 Å². The highest BCUT2D eigenvalue weighted by molar-refractivity contribution is 5.95. The molecule has 0 spiro atoms. The Kier molecular flexibility index (Phi) is 4.33. The van der Waals surface area contributed by atoms with Crippen LogP contribution in [-0.4, -0.2) is 20.4 Å². The highest BCUT2D eigenvalue weighted by Crippen LogP contribution is 2.20. The maximum absolute atomic E-state index is 12.4. The first-order valence-corrected chi connectivity index (χ1v) is 7.23. The molecule has 0 aliphatic heterocycles. The molecule has 24 heavy (non-hydrogen) atoms. The number of imidazole rings is 1. The molecule has 1 N–H and O–H groups in total. The Morgan fingerprint density at radius 2 is 2.00 bits per heavy atom. The molecule has 0 saturated carbocycles. The third-order valence-corrected chi connectivity index (χ3v) is 3.47. The smallest absolute Gasteiger partial charge is 0.272 e. The van der Waals surface area contributed by atoms with Gasteiger partial charge in [0.05, 0.1) is 16.9 Å². The van der Waals surface area contributed by atoms with Crippen LogP contribution in [-0.2, 0) is 6.54 Å². The minimum Gasteiger partial charge on any atom is -0.348 e. The SMILES string of the molecule is O=C(NCc1ccccc1)c1cc(-n2ccnc2)cc([N+](=O)[O-])c1. The van der Waals surface area contributed by atoms with Gasteiger partial charge >= 0.3 is 0 Å². The second kappa shape index (κ2) is 6.74. The van der Waals surface area contributed by atoms with Crippen LogP contribution in [0.25, 0.3) is 5.69 Å². The van der Waals surface area contributed by atoms with Crippen LogP contribution in [0.2, 0.25) is 0 Å². The van der Waals surface area contributed by atoms with Crippen LogP contribution >= 0.6 is 0 Å². The first kappa shape index (κ1) is 15.4. The van der Waals surface area contributed by atoms with Gasteiger partial charge in [-0.05, 0) is 11.6 Å². The van der Waals surface area contributed by atoms with Crippen molar-refractivity contribution in [2.45, 2.75) is 6.54 Å². The summed E-state index contributed by atoms with van der Waals surface area (Å²) in [7, 11) is 0. The van der Waals surface area contributed by atoms with Gasteiger partial charge in [-0.2, -0.15) is 0 Å². The van der Waals surface area contributed by atoms with Crippen LogP contribution < -0.4 is 5.32 Å². The number of non-ortho nitro benzene ring substituents is 1. The number of rotatable bonds is 5. The van der Waals surface area contributed by atoms with Gasteiger partial charge in [-0.3, -0.25) is 14.9 Å². The first-order valence-electron chi connectivity index (χ1n) is 7.23. The summed E-state index contributed by atoms with van der Waals surface area (Å²) in [4.78, 5) is 26.9. The molecule has 3 aromatic rings. The molecule has 0 aliphatic rings. The molecule has 3 rings (SSSR count). The summed E-state index contributed by atoms with van der Waals surface area (Å²) in [5.41, 5.74) is 1.53. The number of hydrogen-bond donors (Lipinski definition) is 1. The molecule has 1 heterocycles. The number of nitrogens with one attached hydrogen (secondary N) is 1. The van der Waals surface area contributed by atoms with E-state index in [1.807, 2.05) is 30.3 Å². The molecule has 0 atom stereocenters. The molecule has 0 saturated heterocycles. The van der Waals surface area contributed by atoms with Crippen molar-refractivity contribution >= 4 is 11.6 Å². The van der Waals surface area contributed by atoms with Gasteiger partial charge in [0.25, 0.3) is 11.6 Å². The van der Waals surface area contributed by atoms with Gasteiger partial charge in [0.1, 0.15) is 0 Å². The molecular weight excluding hydrogens is 308 g/mol. The fourth-order valence-corrected chi connectivity index (χ4v) is 2.27. The van der Waals surface area contributed by atoms with Crippen molar-refractivity contribution in [1.82, 2.24) is 14.9 Å². The van der Waals surface area contributed by atoms with Gasteiger partial charge in [-0.25, -0.2) is 4.98 Å². The Bertz CT molecular complexity index is 861. The average molecular weight is 322 g/mol. The van der Waals surface area contributed by atoms with E-state index in [1.165, 1.54) is 18.5 Å². The van der Waals surface area contributed by atoms with Gasteiger partial charge in [0.2, 0.25) is 0 Å². The summed E-state index contributed by atoms with van der Waals surface area (Å²) in [6.07, 6.45) is 4.74. The van der Waals surface area contributed by atoms with Crippen LogP contribution in [0.4, 0.5) is 5.69 Å². The Morgan fingerprint density at radius 1 is 1.21 bits per heavy atom. The number of carbonyl (C=O) groups is 1. The summed E-state index contributed by atoms with van der Waals surface area (Å²) < 4.78 is 1.61. The van der Waals surface area contributed by atoms with Crippen molar-refractivity contribution in [3.63, 3.8) is 0 Å². The molecule has 7 nitrogen and oxygen atoms in total. The number of amides is 1. The zero-order valence-electron chi connectivity index (χ0n) is 12.6. The number of nitrogens with zero attached hydrogens (tertiary/aromatic N) is 3. The number of nitro groups is 1. The van der Waals surface area contributed by atoms with Gasteiger partial charge in [-0.15, -0.1) is 0 Å². The van der Waals surface area contributed by atoms with E-state index < -0.39 is 4.92 Å². The van der Waals surface area contributed by atoms with Crippen LogP contribution in [0.5, 0.6) is 0 Å². The molecule has 0 radical (unpaired) electrons. The van der Waals surface area contributed by atoms with E-state index in [-0.39, 0.29) is 17.2 Å². The fraction of sp³-hybridized carbons (Fsp3) is 0.0588. The van der Waals surface area contributed by atoms with Gasteiger partial charge in [-0.1, -0.05) is 30.3 Å². The average Bonchev–Trinajstić information content (AvgIpc) is 3.15. The molecule has 0 unspecified atom stereocenters. The first-order chi connectivity index (χ1) is 11.6. The molecule has 2 aromatic carbocycles. The number of hydrogen-bond acceptors (Lipinski definition) is 4. The van der Waals surface area contributed by atoms with Crippen LogP contribution in [0.15, 0.2) is 67.3 Å². The predicted molar refractivity (Wildman–Crippen MR) is 87.8 cm³/mol. The second-order valence-electron chi connectivity index (χ2n) is 5.13. The van der Waals surface area contributed by atoms with Crippen molar-refractivity contribution < 1.29 is 9.72 Å². The van der Waals surface area contributed by atoms with E-state index in [0.717, 1.165) is 5.56 Å². The van der Waals surface area contributed by atoms with E-state index in [2.05, 4.69) is 10.3 Å². The Hall–Kier alpha value is -3.48. The number of carbonyl (C=O) groups excluding carboxylic acids is 1. The number of benzene rings is 2. The molecular formula is C17H14N4O3. The molecule has 1 amide bonds. The molecule has 1 aromatic heterocycles. The summed E-state index contributed by atoms with van der Waals surface area (Å²) in [5.74, 6) is -0.371. The third kappa shape index (κ3) is 3.46. The van der Waals surface area contributed by atoms with E-state index >= 15 is 0 Å². The summed E-state index contributed by atoms with van der Waals surface area (Å²) in [6, 6.07) is 13.7. The molecule has 0 bridgehead atoms. The lowest BCUT2D eigenvalue weighted by Gasteiger charge is -2.08. The third-order valence-electron chi connectivity index (χ3n) is 3.47. The fourth-order valence-electron chi connectivity index (χ4n) is 2.27. The molecule has 0 fully saturated rings. The molecule has 7 heteroatoms. The predicted octanol–water partition coefficient (Wildman–Crippen LogP) is 2.71. The van der Waals surface area contributed by atoms with Crippen molar-refractivity contribution in [3.05, 3.63) is 88.5 Å². The van der Waals surface area contributed by atoms with Gasteiger partial charge in [0, 0.05) is 36.6 Å². The van der Waals surface area contributed by atoms with Gasteiger partial charge < -0.3 is 9.88 Å². The maximum atomic E-state index is 12.4. The second-order valence-corrected chi connectivity index (χ2v) is 5.13. The van der Waals surface area contributed by atoms with E-state index in [1.54, 1.807) is 23.0 Å². The highest BCUT2D eigenvalue weighted by Gasteiger charge is 2.15. The lowest BCUT2D eigenvalue weighted by atomic mass is 10.1. The number of aromatic nitrogens is 2. The largest absolute Gasteiger partial charge is 0.348 e. The molecule has 0 aliphatic carbocycles. The minimum absolute atomic E-state index is 0.147. The zero-order chi connectivity index (χ0) is 16.9. The topological polar surface area (TPSA) is 90.1 Å². The Labute approximate surface area is 137 Å². The number of nitro benzene ring substituents is 1. The quantitative estimate of drug-likeness (QED) is 0.577. The lowest BCUT2D eigenvalue weighted by molar-refractivity contribution is -0.384. The zero-order valence-corrected chi connectivity index (χ0v) is 12.6. The normalized spacial score (nSPS) is 10.3. The van der Waals surface area contributed by atoms with Crippen molar-refractivity contribution in [1.29, 1.82) is 0 Å². The van der Waals surface area contributed by atoms with Gasteiger partial charge in [0.15, 0.2) is 0 Å². The van der Waals surface area contributed by atoms with Crippen molar-refractivity contribution in [2.75, 3.05) is 0 Å². The molecule has 120 valence electrons. The Morgan fingerprint density at radius 3 is 2.67 bits per heavy atom. The summed E-state index contributed by atoms with van der Waals surface area (Å²) >= 11 is 0. The summed E-state index contributed by atoms with van der Waals surface area (Å²) in [5, 5.41) is 13.9. The minimum atomic E-state index is -0.519. The maximum Gasteiger partial charge on any atom is 0.272 e.